The molecule has 1 N–H and O–H groups in total. The Labute approximate surface area is 144 Å². The van der Waals surface area contributed by atoms with Gasteiger partial charge in [-0.25, -0.2) is 9.97 Å². The molecule has 0 aliphatic carbocycles. The van der Waals surface area contributed by atoms with Gasteiger partial charge in [-0.3, -0.25) is 4.79 Å². The fourth-order valence-corrected chi connectivity index (χ4v) is 2.20. The number of benzene rings is 1. The van der Waals surface area contributed by atoms with Gasteiger partial charge in [0.1, 0.15) is 22.9 Å². The fourth-order valence-electron chi connectivity index (χ4n) is 2.20. The first-order valence-corrected chi connectivity index (χ1v) is 7.48. The number of carbonyl (C=O) groups is 1. The largest absolute Gasteiger partial charge is 0.437 e. The summed E-state index contributed by atoms with van der Waals surface area (Å²) in [6.07, 6.45) is 4.80. The number of aromatic nitrogens is 3. The number of nitrogens with one attached hydrogen (secondary N) is 1. The van der Waals surface area contributed by atoms with Gasteiger partial charge in [-0.15, -0.1) is 0 Å². The molecule has 0 saturated carbocycles. The van der Waals surface area contributed by atoms with E-state index in [-0.39, 0.29) is 11.5 Å². The van der Waals surface area contributed by atoms with E-state index >= 15 is 0 Å². The van der Waals surface area contributed by atoms with Gasteiger partial charge in [-0.2, -0.15) is 5.26 Å². The van der Waals surface area contributed by atoms with Crippen molar-refractivity contribution in [3.63, 3.8) is 0 Å². The summed E-state index contributed by atoms with van der Waals surface area (Å²) in [5, 5.41) is 9.17. The number of aromatic amines is 1. The molecule has 0 atom stereocenters. The Morgan fingerprint density at radius 3 is 2.96 bits per heavy atom. The van der Waals surface area contributed by atoms with Crippen LogP contribution in [0.4, 0.5) is 0 Å². The number of H-pyrrole nitrogens is 1. The third-order valence-corrected chi connectivity index (χ3v) is 3.39. The molecule has 0 spiro atoms. The molecule has 1 amide bonds. The second-order valence-corrected chi connectivity index (χ2v) is 5.46. The number of amides is 1. The zero-order valence-corrected chi connectivity index (χ0v) is 13.7. The predicted molar refractivity (Wildman–Crippen MR) is 92.7 cm³/mol. The van der Waals surface area contributed by atoms with Crippen molar-refractivity contribution < 1.29 is 9.53 Å². The van der Waals surface area contributed by atoms with Crippen molar-refractivity contribution in [3.05, 3.63) is 53.9 Å². The van der Waals surface area contributed by atoms with Crippen LogP contribution in [0.2, 0.25) is 0 Å². The second kappa shape index (κ2) is 6.84. The third kappa shape index (κ3) is 3.64. The van der Waals surface area contributed by atoms with Crippen molar-refractivity contribution in [1.82, 2.24) is 19.9 Å². The van der Waals surface area contributed by atoms with Crippen LogP contribution in [0.25, 0.3) is 17.2 Å². The van der Waals surface area contributed by atoms with Gasteiger partial charge >= 0.3 is 0 Å². The van der Waals surface area contributed by atoms with Crippen molar-refractivity contribution in [3.8, 4) is 17.7 Å². The van der Waals surface area contributed by atoms with E-state index in [0.717, 1.165) is 0 Å². The minimum Gasteiger partial charge on any atom is -0.437 e. The lowest BCUT2D eigenvalue weighted by molar-refractivity contribution is -0.124. The van der Waals surface area contributed by atoms with Gasteiger partial charge in [0.05, 0.1) is 6.20 Å². The molecule has 7 heteroatoms. The normalized spacial score (nSPS) is 11.2. The lowest BCUT2D eigenvalue weighted by atomic mass is 10.1. The van der Waals surface area contributed by atoms with E-state index in [2.05, 4.69) is 15.0 Å². The van der Waals surface area contributed by atoms with Crippen molar-refractivity contribution in [2.45, 2.75) is 0 Å². The number of nitrogens with zero attached hydrogens (tertiary/aromatic N) is 4. The SMILES string of the molecule is CN(C)C(=O)/C(C#N)=C/c1cccc(Oc2cnc3[nH]ccc3n2)c1. The van der Waals surface area contributed by atoms with Crippen LogP contribution in [0.1, 0.15) is 5.56 Å². The fraction of sp³-hybridized carbons (Fsp3) is 0.111. The van der Waals surface area contributed by atoms with Crippen LogP contribution in [-0.4, -0.2) is 39.9 Å². The Morgan fingerprint density at radius 1 is 1.36 bits per heavy atom. The first kappa shape index (κ1) is 16.2. The van der Waals surface area contributed by atoms with Crippen LogP contribution < -0.4 is 4.74 Å². The molecule has 0 fully saturated rings. The van der Waals surface area contributed by atoms with Gasteiger partial charge in [-0.05, 0) is 29.8 Å². The molecule has 7 nitrogen and oxygen atoms in total. The van der Waals surface area contributed by atoms with Crippen LogP contribution in [0, 0.1) is 11.3 Å². The first-order valence-electron chi connectivity index (χ1n) is 7.48. The van der Waals surface area contributed by atoms with Crippen molar-refractivity contribution in [2.24, 2.45) is 0 Å². The van der Waals surface area contributed by atoms with Crippen LogP contribution in [0.5, 0.6) is 11.6 Å². The average Bonchev–Trinajstić information content (AvgIpc) is 3.07. The standard InChI is InChI=1S/C18H15N5O2/c1-23(2)18(24)13(10-19)8-12-4-3-5-14(9-12)25-16-11-21-17-15(22-16)6-7-20-17/h3-9,11H,1-2H3,(H,20,21)/b13-8+. The molecular weight excluding hydrogens is 318 g/mol. The van der Waals surface area contributed by atoms with E-state index in [0.29, 0.717) is 28.4 Å². The molecule has 2 heterocycles. The number of rotatable bonds is 4. The van der Waals surface area contributed by atoms with Gasteiger partial charge in [0.25, 0.3) is 5.91 Å². The lowest BCUT2D eigenvalue weighted by Crippen LogP contribution is -2.22. The molecule has 3 rings (SSSR count). The highest BCUT2D eigenvalue weighted by Gasteiger charge is 2.11. The van der Waals surface area contributed by atoms with Gasteiger partial charge in [-0.1, -0.05) is 12.1 Å². The van der Waals surface area contributed by atoms with Crippen molar-refractivity contribution in [1.29, 1.82) is 5.26 Å². The molecule has 0 unspecified atom stereocenters. The van der Waals surface area contributed by atoms with Gasteiger partial charge < -0.3 is 14.6 Å². The highest BCUT2D eigenvalue weighted by atomic mass is 16.5. The maximum atomic E-state index is 11.9. The number of hydrogen-bond acceptors (Lipinski definition) is 5. The van der Waals surface area contributed by atoms with Crippen LogP contribution in [0.3, 0.4) is 0 Å². The van der Waals surface area contributed by atoms with Crippen LogP contribution in [0.15, 0.2) is 48.3 Å². The monoisotopic (exact) mass is 333 g/mol. The third-order valence-electron chi connectivity index (χ3n) is 3.39. The Morgan fingerprint density at radius 2 is 2.20 bits per heavy atom. The van der Waals surface area contributed by atoms with E-state index in [4.69, 9.17) is 4.74 Å². The van der Waals surface area contributed by atoms with Crippen LogP contribution >= 0.6 is 0 Å². The number of nitriles is 1. The Kier molecular flexibility index (Phi) is 4.44. The summed E-state index contributed by atoms with van der Waals surface area (Å²) in [6.45, 7) is 0. The summed E-state index contributed by atoms with van der Waals surface area (Å²) < 4.78 is 5.72. The molecule has 0 bridgehead atoms. The Hall–Kier alpha value is -3.66. The minimum atomic E-state index is -0.349. The Balaban J connectivity index is 1.86. The summed E-state index contributed by atoms with van der Waals surface area (Å²) >= 11 is 0. The first-order chi connectivity index (χ1) is 12.1. The van der Waals surface area contributed by atoms with Crippen molar-refractivity contribution >= 4 is 23.1 Å². The topological polar surface area (TPSA) is 94.9 Å². The molecule has 124 valence electrons. The molecule has 0 saturated heterocycles. The molecule has 0 aliphatic heterocycles. The summed E-state index contributed by atoms with van der Waals surface area (Å²) in [6, 6.07) is 10.8. The number of hydrogen-bond donors (Lipinski definition) is 1. The molecule has 2 aromatic heterocycles. The number of fused-ring (bicyclic) bond motifs is 1. The summed E-state index contributed by atoms with van der Waals surface area (Å²) in [5.74, 6) is 0.545. The summed E-state index contributed by atoms with van der Waals surface area (Å²) in [5.41, 5.74) is 2.12. The van der Waals surface area contributed by atoms with E-state index in [9.17, 15) is 10.1 Å². The molecule has 3 aromatic rings. The van der Waals surface area contributed by atoms with E-state index in [1.165, 1.54) is 17.2 Å². The highest BCUT2D eigenvalue weighted by molar-refractivity contribution is 6.01. The maximum Gasteiger partial charge on any atom is 0.264 e. The van der Waals surface area contributed by atoms with Gasteiger partial charge in [0.15, 0.2) is 5.65 Å². The predicted octanol–water partition coefficient (Wildman–Crippen LogP) is 2.75. The zero-order chi connectivity index (χ0) is 17.8. The van der Waals surface area contributed by atoms with E-state index in [1.54, 1.807) is 50.6 Å². The van der Waals surface area contributed by atoms with Gasteiger partial charge in [0, 0.05) is 20.3 Å². The Bertz CT molecular complexity index is 998. The summed E-state index contributed by atoms with van der Waals surface area (Å²) in [4.78, 5) is 24.8. The number of carbonyl (C=O) groups excluding carboxylic acids is 1. The molecule has 0 aliphatic rings. The molecular formula is C18H15N5O2. The van der Waals surface area contributed by atoms with E-state index in [1.807, 2.05) is 6.07 Å². The average molecular weight is 333 g/mol. The summed E-state index contributed by atoms with van der Waals surface area (Å²) in [7, 11) is 3.20. The van der Waals surface area contributed by atoms with Gasteiger partial charge in [0.2, 0.25) is 5.88 Å². The van der Waals surface area contributed by atoms with E-state index < -0.39 is 0 Å². The minimum absolute atomic E-state index is 0.0516. The number of likely N-dealkylation sites (N-methyl/N-ethyl adjacent to an activating group) is 1. The maximum absolute atomic E-state index is 11.9. The molecule has 1 aromatic carbocycles. The smallest absolute Gasteiger partial charge is 0.264 e. The zero-order valence-electron chi connectivity index (χ0n) is 13.7. The molecule has 25 heavy (non-hydrogen) atoms. The highest BCUT2D eigenvalue weighted by Crippen LogP contribution is 2.22. The second-order valence-electron chi connectivity index (χ2n) is 5.46. The lowest BCUT2D eigenvalue weighted by Gasteiger charge is -2.09. The van der Waals surface area contributed by atoms with Crippen LogP contribution in [-0.2, 0) is 4.79 Å². The molecule has 0 radical (unpaired) electrons. The number of ether oxygens (including phenoxy) is 1. The van der Waals surface area contributed by atoms with Crippen molar-refractivity contribution in [2.75, 3.05) is 14.1 Å². The quantitative estimate of drug-likeness (QED) is 0.585.